The lowest BCUT2D eigenvalue weighted by molar-refractivity contribution is 1.13. The monoisotopic (exact) mass is 182 g/mol. The molecule has 0 bridgehead atoms. The van der Waals surface area contributed by atoms with Gasteiger partial charge in [-0.3, -0.25) is 0 Å². The molecule has 0 spiro atoms. The first kappa shape index (κ1) is 7.56. The molecule has 0 saturated heterocycles. The van der Waals surface area contributed by atoms with Gasteiger partial charge in [-0.25, -0.2) is 0 Å². The lowest BCUT2D eigenvalue weighted by atomic mass is 10.4. The molecule has 1 heterocycles. The van der Waals surface area contributed by atoms with Crippen molar-refractivity contribution in [3.8, 4) is 0 Å². The number of hydrogen-bond acceptors (Lipinski definition) is 2. The Kier molecular flexibility index (Phi) is 2.44. The fourth-order valence-electron chi connectivity index (χ4n) is 1.11. The number of benzene rings is 1. The first-order valence-electron chi connectivity index (χ1n) is 3.81. The fourth-order valence-corrected chi connectivity index (χ4v) is 3.44. The first-order chi connectivity index (χ1) is 5.47. The van der Waals surface area contributed by atoms with Crippen molar-refractivity contribution in [3.05, 3.63) is 24.3 Å². The van der Waals surface area contributed by atoms with E-state index >= 15 is 0 Å². The van der Waals surface area contributed by atoms with Crippen LogP contribution >= 0.6 is 23.5 Å². The molecule has 11 heavy (non-hydrogen) atoms. The predicted octanol–water partition coefficient (Wildman–Crippen LogP) is 3.27. The van der Waals surface area contributed by atoms with Gasteiger partial charge >= 0.3 is 0 Å². The SMILES string of the molecule is c1ccc2c(c1)SCCCS2. The summed E-state index contributed by atoms with van der Waals surface area (Å²) in [6, 6.07) is 8.69. The highest BCUT2D eigenvalue weighted by Crippen LogP contribution is 2.34. The zero-order chi connectivity index (χ0) is 7.52. The van der Waals surface area contributed by atoms with Gasteiger partial charge in [-0.2, -0.15) is 0 Å². The maximum absolute atomic E-state index is 2.22. The molecular formula is C9H10S2. The molecule has 0 fully saturated rings. The zero-order valence-corrected chi connectivity index (χ0v) is 7.88. The van der Waals surface area contributed by atoms with E-state index in [1.807, 2.05) is 23.5 Å². The Hall–Kier alpha value is -0.0800. The number of rotatable bonds is 0. The van der Waals surface area contributed by atoms with Crippen molar-refractivity contribution in [1.29, 1.82) is 0 Å². The van der Waals surface area contributed by atoms with Crippen LogP contribution in [0.2, 0.25) is 0 Å². The standard InChI is InChI=1S/C9H10S2/c1-2-5-9-8(4-1)10-6-3-7-11-9/h1-2,4-5H,3,6-7H2. The molecule has 0 atom stereocenters. The maximum Gasteiger partial charge on any atom is 0.0208 e. The molecule has 1 aliphatic heterocycles. The second-order valence-electron chi connectivity index (χ2n) is 2.50. The Bertz CT molecular complexity index is 220. The van der Waals surface area contributed by atoms with Gasteiger partial charge in [0.05, 0.1) is 0 Å². The van der Waals surface area contributed by atoms with Gasteiger partial charge in [-0.15, -0.1) is 23.5 Å². The largest absolute Gasteiger partial charge is 0.125 e. The average Bonchev–Trinajstić information content (AvgIpc) is 2.28. The van der Waals surface area contributed by atoms with Crippen LogP contribution in [0.25, 0.3) is 0 Å². The highest BCUT2D eigenvalue weighted by molar-refractivity contribution is 8.03. The highest BCUT2D eigenvalue weighted by Gasteiger charge is 2.06. The Labute approximate surface area is 75.8 Å². The average molecular weight is 182 g/mol. The molecule has 0 unspecified atom stereocenters. The predicted molar refractivity (Wildman–Crippen MR) is 52.5 cm³/mol. The smallest absolute Gasteiger partial charge is 0.0208 e. The number of hydrogen-bond donors (Lipinski definition) is 0. The molecule has 0 aromatic heterocycles. The first-order valence-corrected chi connectivity index (χ1v) is 5.78. The quantitative estimate of drug-likeness (QED) is 0.604. The Balaban J connectivity index is 2.33. The van der Waals surface area contributed by atoms with E-state index in [0.717, 1.165) is 0 Å². The van der Waals surface area contributed by atoms with Gasteiger partial charge in [0.2, 0.25) is 0 Å². The third kappa shape index (κ3) is 1.74. The van der Waals surface area contributed by atoms with Crippen molar-refractivity contribution < 1.29 is 0 Å². The molecule has 58 valence electrons. The van der Waals surface area contributed by atoms with E-state index in [-0.39, 0.29) is 0 Å². The lowest BCUT2D eigenvalue weighted by Crippen LogP contribution is -1.76. The summed E-state index contributed by atoms with van der Waals surface area (Å²) in [6.45, 7) is 0. The van der Waals surface area contributed by atoms with Crippen molar-refractivity contribution >= 4 is 23.5 Å². The van der Waals surface area contributed by atoms with Crippen molar-refractivity contribution in [2.45, 2.75) is 16.2 Å². The van der Waals surface area contributed by atoms with Crippen LogP contribution in [0.5, 0.6) is 0 Å². The van der Waals surface area contributed by atoms with Gasteiger partial charge in [-0.05, 0) is 30.1 Å². The van der Waals surface area contributed by atoms with Crippen molar-refractivity contribution in [1.82, 2.24) is 0 Å². The molecule has 2 heteroatoms. The minimum absolute atomic E-state index is 1.28. The molecule has 1 aromatic carbocycles. The Morgan fingerprint density at radius 1 is 0.909 bits per heavy atom. The van der Waals surface area contributed by atoms with E-state index in [9.17, 15) is 0 Å². The number of fused-ring (bicyclic) bond motifs is 1. The molecule has 2 rings (SSSR count). The molecule has 1 aliphatic rings. The van der Waals surface area contributed by atoms with Crippen LogP contribution in [0.3, 0.4) is 0 Å². The maximum atomic E-state index is 2.22. The summed E-state index contributed by atoms with van der Waals surface area (Å²) in [7, 11) is 0. The molecule has 0 N–H and O–H groups in total. The van der Waals surface area contributed by atoms with Crippen LogP contribution in [0, 0.1) is 0 Å². The van der Waals surface area contributed by atoms with E-state index in [4.69, 9.17) is 0 Å². The molecule has 1 aromatic rings. The molecule has 0 saturated carbocycles. The van der Waals surface area contributed by atoms with Gasteiger partial charge in [0.25, 0.3) is 0 Å². The summed E-state index contributed by atoms with van der Waals surface area (Å²) in [5.41, 5.74) is 0. The van der Waals surface area contributed by atoms with Crippen LogP contribution in [0.1, 0.15) is 6.42 Å². The summed E-state index contributed by atoms with van der Waals surface area (Å²) in [4.78, 5) is 2.94. The fraction of sp³-hybridized carbons (Fsp3) is 0.333. The summed E-state index contributed by atoms with van der Waals surface area (Å²) in [5, 5.41) is 0. The van der Waals surface area contributed by atoms with Crippen molar-refractivity contribution in [3.63, 3.8) is 0 Å². The Morgan fingerprint density at radius 3 is 2.00 bits per heavy atom. The number of thioether (sulfide) groups is 2. The van der Waals surface area contributed by atoms with E-state index in [0.29, 0.717) is 0 Å². The molecule has 0 nitrogen and oxygen atoms in total. The van der Waals surface area contributed by atoms with Crippen molar-refractivity contribution in [2.24, 2.45) is 0 Å². The minimum atomic E-state index is 1.28. The van der Waals surface area contributed by atoms with Crippen LogP contribution in [0.4, 0.5) is 0 Å². The van der Waals surface area contributed by atoms with Crippen LogP contribution in [0.15, 0.2) is 34.1 Å². The molecule has 0 radical (unpaired) electrons. The normalized spacial score (nSPS) is 17.1. The van der Waals surface area contributed by atoms with E-state index in [1.165, 1.54) is 27.7 Å². The van der Waals surface area contributed by atoms with E-state index < -0.39 is 0 Å². The topological polar surface area (TPSA) is 0 Å². The van der Waals surface area contributed by atoms with Gasteiger partial charge in [0, 0.05) is 9.79 Å². The van der Waals surface area contributed by atoms with Gasteiger partial charge in [0.1, 0.15) is 0 Å². The lowest BCUT2D eigenvalue weighted by Gasteiger charge is -2.01. The summed E-state index contributed by atoms with van der Waals surface area (Å²) < 4.78 is 0. The summed E-state index contributed by atoms with van der Waals surface area (Å²) in [6.07, 6.45) is 1.34. The van der Waals surface area contributed by atoms with Crippen LogP contribution in [-0.4, -0.2) is 11.5 Å². The summed E-state index contributed by atoms with van der Waals surface area (Å²) >= 11 is 3.98. The van der Waals surface area contributed by atoms with E-state index in [2.05, 4.69) is 24.3 Å². The summed E-state index contributed by atoms with van der Waals surface area (Å²) in [5.74, 6) is 2.56. The second kappa shape index (κ2) is 3.55. The van der Waals surface area contributed by atoms with Gasteiger partial charge in [-0.1, -0.05) is 12.1 Å². The molecule has 0 aliphatic carbocycles. The van der Waals surface area contributed by atoms with Crippen LogP contribution in [-0.2, 0) is 0 Å². The van der Waals surface area contributed by atoms with Gasteiger partial charge in [0.15, 0.2) is 0 Å². The molecule has 0 amide bonds. The highest BCUT2D eigenvalue weighted by atomic mass is 32.2. The minimum Gasteiger partial charge on any atom is -0.125 e. The third-order valence-corrected chi connectivity index (χ3v) is 4.10. The van der Waals surface area contributed by atoms with Crippen LogP contribution < -0.4 is 0 Å². The Morgan fingerprint density at radius 2 is 1.45 bits per heavy atom. The molecular weight excluding hydrogens is 172 g/mol. The van der Waals surface area contributed by atoms with E-state index in [1.54, 1.807) is 0 Å². The third-order valence-electron chi connectivity index (χ3n) is 1.65. The zero-order valence-electron chi connectivity index (χ0n) is 6.25. The second-order valence-corrected chi connectivity index (χ2v) is 4.77. The van der Waals surface area contributed by atoms with Crippen molar-refractivity contribution in [2.75, 3.05) is 11.5 Å². The van der Waals surface area contributed by atoms with Gasteiger partial charge < -0.3 is 0 Å².